The molecule has 2 atom stereocenters. The summed E-state index contributed by atoms with van der Waals surface area (Å²) in [5.41, 5.74) is 1.37. The summed E-state index contributed by atoms with van der Waals surface area (Å²) in [5, 5.41) is 7.74. The topological polar surface area (TPSA) is 36.5 Å². The molecule has 0 spiro atoms. The predicted molar refractivity (Wildman–Crippen MR) is 159 cm³/mol. The summed E-state index contributed by atoms with van der Waals surface area (Å²) < 4.78 is 5.78. The molecule has 0 aromatic heterocycles. The Hall–Kier alpha value is -0.400. The highest BCUT2D eigenvalue weighted by Gasteiger charge is 2.38. The minimum absolute atomic E-state index is 0.149. The van der Waals surface area contributed by atoms with E-state index in [0.717, 1.165) is 43.5 Å². The van der Waals surface area contributed by atoms with Crippen LogP contribution in [-0.2, 0) is 5.75 Å². The average molecular weight is 524 g/mol. The number of hydrogen-bond donors (Lipinski definition) is 2. The highest BCUT2D eigenvalue weighted by molar-refractivity contribution is 8.00. The number of rotatable bonds is 17. The number of piperidine rings is 1. The lowest BCUT2D eigenvalue weighted by Gasteiger charge is -2.46. The van der Waals surface area contributed by atoms with Crippen molar-refractivity contribution in [2.24, 2.45) is 5.92 Å². The number of methoxy groups -OCH3 is 1. The molecule has 1 aliphatic rings. The van der Waals surface area contributed by atoms with Gasteiger partial charge in [-0.3, -0.25) is 10.2 Å². The molecule has 1 heterocycles. The Morgan fingerprint density at radius 1 is 1.06 bits per heavy atom. The zero-order valence-electron chi connectivity index (χ0n) is 23.6. The van der Waals surface area contributed by atoms with Gasteiger partial charge in [0.2, 0.25) is 0 Å². The van der Waals surface area contributed by atoms with Gasteiger partial charge in [-0.1, -0.05) is 39.3 Å². The zero-order valence-corrected chi connectivity index (χ0v) is 25.3. The van der Waals surface area contributed by atoms with E-state index in [-0.39, 0.29) is 4.75 Å². The van der Waals surface area contributed by atoms with Crippen LogP contribution in [0.4, 0.5) is 0 Å². The SMILES string of the molecule is CCCCSC(C)(C)CNCCNC(N1CCC(C)CC1)C(C)(CC)SCc1ccc(OC)cc1. The van der Waals surface area contributed by atoms with E-state index in [1.807, 2.05) is 0 Å². The lowest BCUT2D eigenvalue weighted by atomic mass is 9.95. The van der Waals surface area contributed by atoms with Crippen LogP contribution in [0, 0.1) is 5.92 Å². The molecule has 1 saturated heterocycles. The molecule has 0 amide bonds. The van der Waals surface area contributed by atoms with Gasteiger partial charge in [0.25, 0.3) is 0 Å². The van der Waals surface area contributed by atoms with Crippen molar-refractivity contribution >= 4 is 23.5 Å². The van der Waals surface area contributed by atoms with Gasteiger partial charge in [0, 0.05) is 34.9 Å². The fraction of sp³-hybridized carbons (Fsp3) is 0.793. The lowest BCUT2D eigenvalue weighted by Crippen LogP contribution is -2.60. The van der Waals surface area contributed by atoms with Crippen molar-refractivity contribution in [2.75, 3.05) is 45.6 Å². The van der Waals surface area contributed by atoms with Crippen LogP contribution in [-0.4, -0.2) is 66.1 Å². The Morgan fingerprint density at radius 2 is 1.74 bits per heavy atom. The molecule has 0 aliphatic carbocycles. The standard InChI is InChI=1S/C29H53N3OS2/c1-8-10-21-34-28(4,5)23-30-17-18-31-27(32-19-15-24(3)16-20-32)29(6,9-2)35-22-25-11-13-26(33-7)14-12-25/h11-14,24,27,30-31H,8-10,15-23H2,1-7H3. The van der Waals surface area contributed by atoms with Gasteiger partial charge >= 0.3 is 0 Å². The number of likely N-dealkylation sites (tertiary alicyclic amines) is 1. The lowest BCUT2D eigenvalue weighted by molar-refractivity contribution is 0.0907. The third-order valence-corrected chi connectivity index (χ3v) is 10.4. The molecule has 2 rings (SSSR count). The van der Waals surface area contributed by atoms with E-state index in [0.29, 0.717) is 10.9 Å². The minimum atomic E-state index is 0.149. The second kappa shape index (κ2) is 15.8. The second-order valence-corrected chi connectivity index (χ2v) is 14.3. The van der Waals surface area contributed by atoms with Gasteiger partial charge in [0.15, 0.2) is 0 Å². The molecular weight excluding hydrogens is 470 g/mol. The molecule has 0 saturated carbocycles. The Bertz CT molecular complexity index is 692. The molecule has 0 bridgehead atoms. The molecule has 4 nitrogen and oxygen atoms in total. The molecule has 35 heavy (non-hydrogen) atoms. The Labute approximate surface area is 225 Å². The number of thioether (sulfide) groups is 2. The van der Waals surface area contributed by atoms with E-state index in [1.54, 1.807) is 7.11 Å². The number of hydrogen-bond acceptors (Lipinski definition) is 6. The number of nitrogens with one attached hydrogen (secondary N) is 2. The quantitative estimate of drug-likeness (QED) is 0.223. The van der Waals surface area contributed by atoms with Crippen molar-refractivity contribution in [3.8, 4) is 5.75 Å². The Kier molecular flexibility index (Phi) is 13.9. The van der Waals surface area contributed by atoms with Gasteiger partial charge in [-0.25, -0.2) is 0 Å². The molecular formula is C29H53N3OS2. The van der Waals surface area contributed by atoms with Gasteiger partial charge < -0.3 is 10.1 Å². The monoisotopic (exact) mass is 523 g/mol. The maximum Gasteiger partial charge on any atom is 0.118 e. The number of unbranched alkanes of at least 4 members (excludes halogenated alkanes) is 1. The van der Waals surface area contributed by atoms with Crippen LogP contribution in [0.15, 0.2) is 24.3 Å². The summed E-state index contributed by atoms with van der Waals surface area (Å²) >= 11 is 4.21. The third kappa shape index (κ3) is 10.9. The summed E-state index contributed by atoms with van der Waals surface area (Å²) in [6.45, 7) is 19.7. The van der Waals surface area contributed by atoms with E-state index in [9.17, 15) is 0 Å². The molecule has 0 radical (unpaired) electrons. The van der Waals surface area contributed by atoms with E-state index in [1.165, 1.54) is 50.1 Å². The molecule has 6 heteroatoms. The minimum Gasteiger partial charge on any atom is -0.497 e. The first-order chi connectivity index (χ1) is 16.7. The summed E-state index contributed by atoms with van der Waals surface area (Å²) in [6.07, 6.45) is 6.74. The van der Waals surface area contributed by atoms with Gasteiger partial charge in [-0.05, 0) is 88.9 Å². The average Bonchev–Trinajstić information content (AvgIpc) is 2.86. The van der Waals surface area contributed by atoms with Crippen molar-refractivity contribution in [2.45, 2.75) is 95.1 Å². The van der Waals surface area contributed by atoms with Crippen LogP contribution >= 0.6 is 23.5 Å². The highest BCUT2D eigenvalue weighted by Crippen LogP contribution is 2.37. The first kappa shape index (κ1) is 30.8. The number of benzene rings is 1. The molecule has 1 aromatic carbocycles. The van der Waals surface area contributed by atoms with Crippen LogP contribution in [0.3, 0.4) is 0 Å². The fourth-order valence-corrected chi connectivity index (χ4v) is 7.07. The first-order valence-corrected chi connectivity index (χ1v) is 15.8. The van der Waals surface area contributed by atoms with Crippen LogP contribution < -0.4 is 15.4 Å². The van der Waals surface area contributed by atoms with E-state index in [4.69, 9.17) is 4.74 Å². The molecule has 2 N–H and O–H groups in total. The molecule has 2 unspecified atom stereocenters. The molecule has 202 valence electrons. The van der Waals surface area contributed by atoms with Crippen molar-refractivity contribution < 1.29 is 4.74 Å². The fourth-order valence-electron chi connectivity index (χ4n) is 4.59. The summed E-state index contributed by atoms with van der Waals surface area (Å²) in [5.74, 6) is 4.07. The number of nitrogens with zero attached hydrogens (tertiary/aromatic N) is 1. The van der Waals surface area contributed by atoms with E-state index >= 15 is 0 Å². The van der Waals surface area contributed by atoms with Gasteiger partial charge in [0.1, 0.15) is 5.75 Å². The Balaban J connectivity index is 1.95. The maximum atomic E-state index is 5.34. The van der Waals surface area contributed by atoms with Gasteiger partial charge in [-0.15, -0.1) is 11.8 Å². The van der Waals surface area contributed by atoms with Crippen LogP contribution in [0.1, 0.15) is 79.2 Å². The van der Waals surface area contributed by atoms with Crippen LogP contribution in [0.2, 0.25) is 0 Å². The third-order valence-electron chi connectivity index (χ3n) is 7.37. The summed E-state index contributed by atoms with van der Waals surface area (Å²) in [4.78, 5) is 2.73. The second-order valence-electron chi connectivity index (χ2n) is 11.0. The molecule has 1 aliphatic heterocycles. The normalized spacial score (nSPS) is 18.4. The highest BCUT2D eigenvalue weighted by atomic mass is 32.2. The van der Waals surface area contributed by atoms with Gasteiger partial charge in [-0.2, -0.15) is 11.8 Å². The maximum absolute atomic E-state index is 5.34. The number of ether oxygens (including phenoxy) is 1. The summed E-state index contributed by atoms with van der Waals surface area (Å²) in [6, 6.07) is 8.57. The molecule has 1 fully saturated rings. The smallest absolute Gasteiger partial charge is 0.118 e. The first-order valence-electron chi connectivity index (χ1n) is 13.8. The van der Waals surface area contributed by atoms with Crippen molar-refractivity contribution in [1.82, 2.24) is 15.5 Å². The Morgan fingerprint density at radius 3 is 2.34 bits per heavy atom. The van der Waals surface area contributed by atoms with Crippen molar-refractivity contribution in [3.63, 3.8) is 0 Å². The predicted octanol–water partition coefficient (Wildman–Crippen LogP) is 6.65. The largest absolute Gasteiger partial charge is 0.497 e. The summed E-state index contributed by atoms with van der Waals surface area (Å²) in [7, 11) is 1.73. The molecule has 1 aromatic rings. The van der Waals surface area contributed by atoms with Gasteiger partial charge in [0.05, 0.1) is 13.3 Å². The van der Waals surface area contributed by atoms with E-state index in [2.05, 4.69) is 105 Å². The van der Waals surface area contributed by atoms with Crippen LogP contribution in [0.5, 0.6) is 5.75 Å². The van der Waals surface area contributed by atoms with Crippen LogP contribution in [0.25, 0.3) is 0 Å². The van der Waals surface area contributed by atoms with Crippen molar-refractivity contribution in [3.05, 3.63) is 29.8 Å². The van der Waals surface area contributed by atoms with E-state index < -0.39 is 0 Å². The van der Waals surface area contributed by atoms with Crippen molar-refractivity contribution in [1.29, 1.82) is 0 Å². The zero-order chi connectivity index (χ0) is 25.7.